The fourth-order valence-corrected chi connectivity index (χ4v) is 3.55. The van der Waals surface area contributed by atoms with Gasteiger partial charge in [0.25, 0.3) is 5.91 Å². The average molecular weight is 342 g/mol. The zero-order chi connectivity index (χ0) is 17.3. The Morgan fingerprint density at radius 3 is 2.79 bits per heavy atom. The summed E-state index contributed by atoms with van der Waals surface area (Å²) in [5.74, 6) is -0.0566. The number of aryl methyl sites for hydroxylation is 2. The zero-order valence-electron chi connectivity index (χ0n) is 13.5. The van der Waals surface area contributed by atoms with Crippen molar-refractivity contribution in [2.75, 3.05) is 18.9 Å². The van der Waals surface area contributed by atoms with Crippen LogP contribution in [-0.2, 0) is 0 Å². The number of thiophene rings is 1. The predicted molar refractivity (Wildman–Crippen MR) is 96.2 cm³/mol. The van der Waals surface area contributed by atoms with Crippen molar-refractivity contribution >= 4 is 33.4 Å². The Bertz CT molecular complexity index is 920. The quantitative estimate of drug-likeness (QED) is 0.675. The fourth-order valence-electron chi connectivity index (χ4n) is 2.59. The van der Waals surface area contributed by atoms with E-state index in [0.29, 0.717) is 9.71 Å². The highest BCUT2D eigenvalue weighted by atomic mass is 32.1. The molecular formula is C17H18N4O2S. The minimum absolute atomic E-state index is 0.100. The second kappa shape index (κ2) is 6.54. The van der Waals surface area contributed by atoms with Crippen LogP contribution in [0.2, 0.25) is 0 Å². The van der Waals surface area contributed by atoms with Crippen LogP contribution in [-0.4, -0.2) is 34.1 Å². The Kier molecular flexibility index (Phi) is 4.46. The number of hydrogen-bond acceptors (Lipinski definition) is 6. The molecule has 0 aliphatic rings. The molecule has 24 heavy (non-hydrogen) atoms. The molecule has 0 atom stereocenters. The molecule has 6 nitrogen and oxygen atoms in total. The number of fused-ring (bicyclic) bond motifs is 1. The number of aliphatic hydroxyl groups is 1. The van der Waals surface area contributed by atoms with Crippen LogP contribution >= 0.6 is 11.3 Å². The summed E-state index contributed by atoms with van der Waals surface area (Å²) >= 11 is 1.26. The number of hydrogen-bond donors (Lipinski definition) is 3. The number of carbonyl (C=O) groups is 1. The van der Waals surface area contributed by atoms with Gasteiger partial charge in [-0.15, -0.1) is 11.3 Å². The van der Waals surface area contributed by atoms with Crippen LogP contribution in [0.5, 0.6) is 0 Å². The highest BCUT2D eigenvalue weighted by Gasteiger charge is 2.17. The van der Waals surface area contributed by atoms with Gasteiger partial charge in [-0.25, -0.2) is 9.97 Å². The van der Waals surface area contributed by atoms with Gasteiger partial charge in [0, 0.05) is 17.5 Å². The highest BCUT2D eigenvalue weighted by Crippen LogP contribution is 2.34. The molecular weight excluding hydrogens is 324 g/mol. The number of benzene rings is 1. The molecule has 7 heteroatoms. The van der Waals surface area contributed by atoms with E-state index in [9.17, 15) is 4.79 Å². The van der Waals surface area contributed by atoms with Crippen LogP contribution in [0.15, 0.2) is 24.3 Å². The molecule has 0 aliphatic heterocycles. The third-order valence-electron chi connectivity index (χ3n) is 3.67. The number of amides is 1. The Balaban J connectivity index is 2.14. The summed E-state index contributed by atoms with van der Waals surface area (Å²) in [7, 11) is 0. The van der Waals surface area contributed by atoms with Crippen molar-refractivity contribution in [3.8, 4) is 11.3 Å². The SMILES string of the molecule is Cc1ccc(-c2nc(N)nc3sc(C(=O)NCCO)cc23)c(C)c1. The van der Waals surface area contributed by atoms with Gasteiger partial charge in [0.1, 0.15) is 4.83 Å². The maximum absolute atomic E-state index is 12.1. The summed E-state index contributed by atoms with van der Waals surface area (Å²) < 4.78 is 0. The molecule has 0 bridgehead atoms. The Hall–Kier alpha value is -2.51. The first kappa shape index (κ1) is 16.4. The minimum atomic E-state index is -0.239. The van der Waals surface area contributed by atoms with E-state index in [4.69, 9.17) is 10.8 Å². The Morgan fingerprint density at radius 2 is 2.08 bits per heavy atom. The smallest absolute Gasteiger partial charge is 0.261 e. The molecule has 0 spiro atoms. The largest absolute Gasteiger partial charge is 0.395 e. The number of nitrogens with one attached hydrogen (secondary N) is 1. The van der Waals surface area contributed by atoms with Crippen molar-refractivity contribution in [3.63, 3.8) is 0 Å². The van der Waals surface area contributed by atoms with Crippen molar-refractivity contribution in [3.05, 3.63) is 40.3 Å². The topological polar surface area (TPSA) is 101 Å². The van der Waals surface area contributed by atoms with E-state index in [1.54, 1.807) is 6.07 Å². The van der Waals surface area contributed by atoms with Gasteiger partial charge in [-0.1, -0.05) is 23.8 Å². The summed E-state index contributed by atoms with van der Waals surface area (Å²) in [6.07, 6.45) is 0. The first-order chi connectivity index (χ1) is 11.5. The van der Waals surface area contributed by atoms with Crippen LogP contribution in [0.3, 0.4) is 0 Å². The van der Waals surface area contributed by atoms with Gasteiger partial charge in [0.15, 0.2) is 0 Å². The van der Waals surface area contributed by atoms with Gasteiger partial charge in [-0.2, -0.15) is 0 Å². The third-order valence-corrected chi connectivity index (χ3v) is 4.70. The predicted octanol–water partition coefficient (Wildman–Crippen LogP) is 2.28. The maximum Gasteiger partial charge on any atom is 0.261 e. The average Bonchev–Trinajstić information content (AvgIpc) is 2.96. The van der Waals surface area contributed by atoms with Crippen molar-refractivity contribution in [1.82, 2.24) is 15.3 Å². The number of nitrogen functional groups attached to an aromatic ring is 1. The van der Waals surface area contributed by atoms with Crippen molar-refractivity contribution in [2.24, 2.45) is 0 Å². The molecule has 2 aromatic heterocycles. The van der Waals surface area contributed by atoms with Crippen LogP contribution in [0, 0.1) is 13.8 Å². The molecule has 3 rings (SSSR count). The molecule has 124 valence electrons. The summed E-state index contributed by atoms with van der Waals surface area (Å²) in [6.45, 7) is 4.17. The highest BCUT2D eigenvalue weighted by molar-refractivity contribution is 7.20. The number of nitrogens with zero attached hydrogens (tertiary/aromatic N) is 2. The molecule has 0 saturated heterocycles. The monoisotopic (exact) mass is 342 g/mol. The van der Waals surface area contributed by atoms with E-state index in [-0.39, 0.29) is 25.0 Å². The molecule has 3 aromatic rings. The second-order valence-corrected chi connectivity index (χ2v) is 6.59. The van der Waals surface area contributed by atoms with Crippen molar-refractivity contribution in [1.29, 1.82) is 0 Å². The fraction of sp³-hybridized carbons (Fsp3) is 0.235. The number of anilines is 1. The van der Waals surface area contributed by atoms with Gasteiger partial charge >= 0.3 is 0 Å². The Morgan fingerprint density at radius 1 is 1.29 bits per heavy atom. The number of rotatable bonds is 4. The van der Waals surface area contributed by atoms with Crippen LogP contribution in [0.4, 0.5) is 5.95 Å². The van der Waals surface area contributed by atoms with Gasteiger partial charge in [-0.3, -0.25) is 4.79 Å². The Labute approximate surface area is 143 Å². The van der Waals surface area contributed by atoms with E-state index in [0.717, 1.165) is 22.2 Å². The lowest BCUT2D eigenvalue weighted by Crippen LogP contribution is -2.25. The van der Waals surface area contributed by atoms with Crippen LogP contribution in [0.25, 0.3) is 21.5 Å². The molecule has 4 N–H and O–H groups in total. The zero-order valence-corrected chi connectivity index (χ0v) is 14.3. The molecule has 0 aliphatic carbocycles. The van der Waals surface area contributed by atoms with E-state index in [2.05, 4.69) is 21.4 Å². The number of aromatic nitrogens is 2. The summed E-state index contributed by atoms with van der Waals surface area (Å²) in [5, 5.41) is 12.3. The molecule has 1 aromatic carbocycles. The third kappa shape index (κ3) is 3.08. The van der Waals surface area contributed by atoms with E-state index in [1.165, 1.54) is 16.9 Å². The summed E-state index contributed by atoms with van der Waals surface area (Å²) in [4.78, 5) is 22.0. The van der Waals surface area contributed by atoms with Gasteiger partial charge in [0.2, 0.25) is 5.95 Å². The molecule has 0 radical (unpaired) electrons. The number of aliphatic hydroxyl groups excluding tert-OH is 1. The number of carbonyl (C=O) groups excluding carboxylic acids is 1. The first-order valence-electron chi connectivity index (χ1n) is 7.53. The first-order valence-corrected chi connectivity index (χ1v) is 8.35. The molecule has 2 heterocycles. The second-order valence-electron chi connectivity index (χ2n) is 5.56. The van der Waals surface area contributed by atoms with Crippen molar-refractivity contribution < 1.29 is 9.90 Å². The van der Waals surface area contributed by atoms with Crippen LogP contribution < -0.4 is 11.1 Å². The van der Waals surface area contributed by atoms with Gasteiger partial charge in [0.05, 0.1) is 17.2 Å². The molecule has 0 unspecified atom stereocenters. The van der Waals surface area contributed by atoms with E-state index >= 15 is 0 Å². The van der Waals surface area contributed by atoms with Gasteiger partial charge < -0.3 is 16.2 Å². The number of nitrogens with two attached hydrogens (primary N) is 1. The lowest BCUT2D eigenvalue weighted by atomic mass is 10.0. The molecule has 0 fully saturated rings. The standard InChI is InChI=1S/C17H18N4O2S/c1-9-3-4-11(10(2)7-9)14-12-8-13(15(23)19-5-6-22)24-16(12)21-17(18)20-14/h3-4,7-8,22H,5-6H2,1-2H3,(H,19,23)(H2,18,20,21). The molecule has 0 saturated carbocycles. The van der Waals surface area contributed by atoms with E-state index < -0.39 is 0 Å². The lowest BCUT2D eigenvalue weighted by molar-refractivity contribution is 0.0949. The minimum Gasteiger partial charge on any atom is -0.395 e. The molecule has 1 amide bonds. The normalized spacial score (nSPS) is 11.0. The van der Waals surface area contributed by atoms with Crippen molar-refractivity contribution in [2.45, 2.75) is 13.8 Å². The van der Waals surface area contributed by atoms with E-state index in [1.807, 2.05) is 26.0 Å². The maximum atomic E-state index is 12.1. The lowest BCUT2D eigenvalue weighted by Gasteiger charge is -2.08. The summed E-state index contributed by atoms with van der Waals surface area (Å²) in [6, 6.07) is 7.89. The van der Waals surface area contributed by atoms with Crippen LogP contribution in [0.1, 0.15) is 20.8 Å². The van der Waals surface area contributed by atoms with Gasteiger partial charge in [-0.05, 0) is 25.5 Å². The summed E-state index contributed by atoms with van der Waals surface area (Å²) in [5.41, 5.74) is 9.82.